The summed E-state index contributed by atoms with van der Waals surface area (Å²) < 4.78 is 0. The molecule has 4 heteroatoms. The minimum absolute atomic E-state index is 0.305. The second-order valence-electron chi connectivity index (χ2n) is 8.12. The zero-order chi connectivity index (χ0) is 20.9. The summed E-state index contributed by atoms with van der Waals surface area (Å²) in [5.74, 6) is -0.474. The Kier molecular flexibility index (Phi) is 20.0. The maximum atomic E-state index is 6.03. The van der Waals surface area contributed by atoms with Gasteiger partial charge in [0.2, 0.25) is 5.79 Å². The van der Waals surface area contributed by atoms with Crippen LogP contribution in [0.25, 0.3) is 0 Å². The van der Waals surface area contributed by atoms with Gasteiger partial charge in [-0.25, -0.2) is 9.78 Å². The highest BCUT2D eigenvalue weighted by Crippen LogP contribution is 2.37. The van der Waals surface area contributed by atoms with Gasteiger partial charge in [-0.2, -0.15) is 9.78 Å². The molecule has 0 amide bonds. The van der Waals surface area contributed by atoms with Crippen LogP contribution in [0.2, 0.25) is 0 Å². The zero-order valence-electron chi connectivity index (χ0n) is 19.7. The Balaban J connectivity index is 5.11. The monoisotopic (exact) mass is 402 g/mol. The van der Waals surface area contributed by atoms with Gasteiger partial charge in [0.1, 0.15) is 0 Å². The van der Waals surface area contributed by atoms with Crippen molar-refractivity contribution in [2.45, 2.75) is 137 Å². The third kappa shape index (κ3) is 13.1. The van der Waals surface area contributed by atoms with Crippen LogP contribution in [0.5, 0.6) is 0 Å². The highest BCUT2D eigenvalue weighted by Gasteiger charge is 2.43. The maximum Gasteiger partial charge on any atom is 0.236 e. The van der Waals surface area contributed by atoms with Gasteiger partial charge in [0.25, 0.3) is 0 Å². The van der Waals surface area contributed by atoms with Gasteiger partial charge < -0.3 is 0 Å². The van der Waals surface area contributed by atoms with Crippen LogP contribution in [-0.2, 0) is 19.6 Å². The minimum Gasteiger partial charge on any atom is -0.234 e. The molecule has 0 aliphatic carbocycles. The maximum absolute atomic E-state index is 6.03. The fourth-order valence-corrected chi connectivity index (χ4v) is 3.52. The van der Waals surface area contributed by atoms with Crippen LogP contribution in [0.3, 0.4) is 0 Å². The van der Waals surface area contributed by atoms with E-state index in [1.165, 1.54) is 51.4 Å². The van der Waals surface area contributed by atoms with E-state index >= 15 is 0 Å². The van der Waals surface area contributed by atoms with E-state index in [1.807, 2.05) is 0 Å². The van der Waals surface area contributed by atoms with Gasteiger partial charge in [0.05, 0.1) is 13.2 Å². The Morgan fingerprint density at radius 3 is 1.57 bits per heavy atom. The molecule has 0 aromatic rings. The van der Waals surface area contributed by atoms with Crippen LogP contribution in [-0.4, -0.2) is 19.0 Å². The molecule has 170 valence electrons. The van der Waals surface area contributed by atoms with Crippen molar-refractivity contribution in [1.82, 2.24) is 0 Å². The summed E-state index contributed by atoms with van der Waals surface area (Å²) in [5.41, 5.74) is 0. The van der Waals surface area contributed by atoms with Crippen LogP contribution in [0.15, 0.2) is 0 Å². The van der Waals surface area contributed by atoms with E-state index in [4.69, 9.17) is 19.6 Å². The second kappa shape index (κ2) is 20.1. The van der Waals surface area contributed by atoms with Gasteiger partial charge in [0.15, 0.2) is 0 Å². The fraction of sp³-hybridized carbons (Fsp3) is 1.00. The van der Waals surface area contributed by atoms with Crippen molar-refractivity contribution in [3.05, 3.63) is 0 Å². The predicted molar refractivity (Wildman–Crippen MR) is 118 cm³/mol. The Morgan fingerprint density at radius 1 is 0.536 bits per heavy atom. The minimum atomic E-state index is -0.779. The van der Waals surface area contributed by atoms with Crippen molar-refractivity contribution < 1.29 is 19.6 Å². The summed E-state index contributed by atoms with van der Waals surface area (Å²) in [7, 11) is 0. The molecule has 1 unspecified atom stereocenters. The van der Waals surface area contributed by atoms with Gasteiger partial charge in [-0.3, -0.25) is 0 Å². The molecule has 0 saturated heterocycles. The number of rotatable bonds is 22. The molecule has 0 bridgehead atoms. The van der Waals surface area contributed by atoms with E-state index in [0.717, 1.165) is 44.9 Å². The van der Waals surface area contributed by atoms with Gasteiger partial charge >= 0.3 is 0 Å². The van der Waals surface area contributed by atoms with Gasteiger partial charge in [-0.05, 0) is 32.1 Å². The van der Waals surface area contributed by atoms with Crippen molar-refractivity contribution in [3.63, 3.8) is 0 Å². The molecule has 0 rings (SSSR count). The molecular formula is C24H50O4. The first-order chi connectivity index (χ1) is 13.7. The molecule has 0 aromatic heterocycles. The van der Waals surface area contributed by atoms with Crippen LogP contribution in [0.4, 0.5) is 0 Å². The number of hydrogen-bond acceptors (Lipinski definition) is 4. The Labute approximate surface area is 175 Å². The average molecular weight is 403 g/mol. The molecule has 0 heterocycles. The van der Waals surface area contributed by atoms with E-state index in [1.54, 1.807) is 0 Å². The lowest BCUT2D eigenvalue weighted by Crippen LogP contribution is -2.44. The van der Waals surface area contributed by atoms with Crippen molar-refractivity contribution in [2.24, 2.45) is 5.92 Å². The molecule has 0 fully saturated rings. The molecule has 28 heavy (non-hydrogen) atoms. The number of unbranched alkanes of at least 4 members (excludes halogenated alkanes) is 7. The summed E-state index contributed by atoms with van der Waals surface area (Å²) >= 11 is 0. The highest BCUT2D eigenvalue weighted by atomic mass is 17.3. The van der Waals surface area contributed by atoms with Crippen LogP contribution in [0, 0.1) is 5.92 Å². The van der Waals surface area contributed by atoms with Crippen LogP contribution in [0.1, 0.15) is 131 Å². The molecule has 4 nitrogen and oxygen atoms in total. The largest absolute Gasteiger partial charge is 0.236 e. The summed E-state index contributed by atoms with van der Waals surface area (Å²) in [6.07, 6.45) is 17.2. The SMILES string of the molecule is CCCCCCCCC(CCCC)C(CCCC)(OOCCC)OOCCC. The molecule has 0 aliphatic heterocycles. The predicted octanol–water partition coefficient (Wildman–Crippen LogP) is 8.15. The van der Waals surface area contributed by atoms with Gasteiger partial charge in [0, 0.05) is 12.3 Å². The first-order valence-electron chi connectivity index (χ1n) is 12.3. The normalized spacial score (nSPS) is 13.2. The Bertz CT molecular complexity index is 299. The summed E-state index contributed by atoms with van der Waals surface area (Å²) in [6, 6.07) is 0. The van der Waals surface area contributed by atoms with Crippen molar-refractivity contribution in [3.8, 4) is 0 Å². The summed E-state index contributed by atoms with van der Waals surface area (Å²) in [5, 5.41) is 0. The lowest BCUT2D eigenvalue weighted by Gasteiger charge is -2.38. The summed E-state index contributed by atoms with van der Waals surface area (Å²) in [4.78, 5) is 23.2. The average Bonchev–Trinajstić information content (AvgIpc) is 2.71. The van der Waals surface area contributed by atoms with Crippen molar-refractivity contribution >= 4 is 0 Å². The quantitative estimate of drug-likeness (QED) is 0.0792. The number of hydrogen-bond donors (Lipinski definition) is 0. The third-order valence-corrected chi connectivity index (χ3v) is 5.29. The Hall–Kier alpha value is -0.160. The molecule has 0 aromatic carbocycles. The van der Waals surface area contributed by atoms with E-state index in [-0.39, 0.29) is 0 Å². The highest BCUT2D eigenvalue weighted by molar-refractivity contribution is 4.79. The first kappa shape index (κ1) is 27.8. The second-order valence-corrected chi connectivity index (χ2v) is 8.12. The molecule has 0 radical (unpaired) electrons. The molecule has 0 N–H and O–H groups in total. The molecular weight excluding hydrogens is 352 g/mol. The van der Waals surface area contributed by atoms with Gasteiger partial charge in [-0.1, -0.05) is 92.4 Å². The third-order valence-electron chi connectivity index (χ3n) is 5.29. The zero-order valence-corrected chi connectivity index (χ0v) is 19.7. The van der Waals surface area contributed by atoms with Crippen molar-refractivity contribution in [2.75, 3.05) is 13.2 Å². The first-order valence-corrected chi connectivity index (χ1v) is 12.3. The lowest BCUT2D eigenvalue weighted by atomic mass is 9.85. The molecule has 0 saturated carbocycles. The fourth-order valence-electron chi connectivity index (χ4n) is 3.52. The van der Waals surface area contributed by atoms with E-state index in [9.17, 15) is 0 Å². The van der Waals surface area contributed by atoms with E-state index in [2.05, 4.69) is 34.6 Å². The molecule has 1 atom stereocenters. The molecule has 0 spiro atoms. The Morgan fingerprint density at radius 2 is 1.04 bits per heavy atom. The topological polar surface area (TPSA) is 36.9 Å². The summed E-state index contributed by atoms with van der Waals surface area (Å²) in [6.45, 7) is 12.1. The lowest BCUT2D eigenvalue weighted by molar-refractivity contribution is -0.526. The van der Waals surface area contributed by atoms with Gasteiger partial charge in [-0.15, -0.1) is 0 Å². The van der Waals surface area contributed by atoms with Crippen LogP contribution < -0.4 is 0 Å². The standard InChI is InChI=1S/C24H50O4/c1-6-11-14-15-16-17-19-23(18-12-7-2)24(20-13-8-3,27-25-21-9-4)28-26-22-10-5/h23H,6-22H2,1-5H3. The molecule has 0 aliphatic rings. The van der Waals surface area contributed by atoms with Crippen LogP contribution >= 0.6 is 0 Å². The smallest absolute Gasteiger partial charge is 0.234 e. The van der Waals surface area contributed by atoms with Crippen molar-refractivity contribution in [1.29, 1.82) is 0 Å². The van der Waals surface area contributed by atoms with E-state index in [0.29, 0.717) is 19.1 Å². The van der Waals surface area contributed by atoms with E-state index < -0.39 is 5.79 Å².